The molecule has 78 valence electrons. The summed E-state index contributed by atoms with van der Waals surface area (Å²) in [5.74, 6) is 0. The third kappa shape index (κ3) is 1.67. The first-order valence-corrected chi connectivity index (χ1v) is 5.20. The molecule has 0 aromatic carbocycles. The molecule has 2 unspecified atom stereocenters. The van der Waals surface area contributed by atoms with Crippen LogP contribution in [-0.4, -0.2) is 22.2 Å². The zero-order valence-corrected chi connectivity index (χ0v) is 8.52. The molecule has 0 aliphatic carbocycles. The van der Waals surface area contributed by atoms with E-state index in [2.05, 4.69) is 16.5 Å². The maximum Gasteiger partial charge on any atom is 0.114 e. The molecular weight excluding hydrogens is 178 g/mol. The highest BCUT2D eigenvalue weighted by Gasteiger charge is 2.26. The van der Waals surface area contributed by atoms with Gasteiger partial charge in [0.1, 0.15) is 6.10 Å². The second kappa shape index (κ2) is 4.11. The fourth-order valence-corrected chi connectivity index (χ4v) is 1.94. The van der Waals surface area contributed by atoms with Crippen LogP contribution in [0, 0.1) is 0 Å². The molecule has 1 aromatic rings. The first-order valence-electron chi connectivity index (χ1n) is 5.20. The van der Waals surface area contributed by atoms with Crippen molar-refractivity contribution in [2.75, 3.05) is 6.61 Å². The van der Waals surface area contributed by atoms with Gasteiger partial charge in [-0.15, -0.1) is 0 Å². The maximum atomic E-state index is 6.03. The van der Waals surface area contributed by atoms with Gasteiger partial charge in [-0.05, 0) is 19.8 Å². The largest absolute Gasteiger partial charge is 0.370 e. The van der Waals surface area contributed by atoms with Crippen molar-refractivity contribution in [3.05, 3.63) is 18.2 Å². The van der Waals surface area contributed by atoms with Gasteiger partial charge in [-0.1, -0.05) is 0 Å². The SMILES string of the molecule is CCn1cncc1C1OCCCC1N. The molecule has 0 amide bonds. The Morgan fingerprint density at radius 1 is 1.71 bits per heavy atom. The highest BCUT2D eigenvalue weighted by atomic mass is 16.5. The molecule has 14 heavy (non-hydrogen) atoms. The molecule has 2 atom stereocenters. The summed E-state index contributed by atoms with van der Waals surface area (Å²) >= 11 is 0. The summed E-state index contributed by atoms with van der Waals surface area (Å²) in [5.41, 5.74) is 7.14. The monoisotopic (exact) mass is 195 g/mol. The number of imidazole rings is 1. The van der Waals surface area contributed by atoms with Crippen LogP contribution < -0.4 is 5.73 Å². The van der Waals surface area contributed by atoms with E-state index in [-0.39, 0.29) is 12.1 Å². The zero-order valence-electron chi connectivity index (χ0n) is 8.52. The van der Waals surface area contributed by atoms with Gasteiger partial charge in [0.25, 0.3) is 0 Å². The number of hydrogen-bond donors (Lipinski definition) is 1. The van der Waals surface area contributed by atoms with E-state index in [1.54, 1.807) is 0 Å². The van der Waals surface area contributed by atoms with Crippen molar-refractivity contribution in [1.82, 2.24) is 9.55 Å². The minimum absolute atomic E-state index is 0.0335. The molecule has 4 heteroatoms. The van der Waals surface area contributed by atoms with Crippen LogP contribution in [0.5, 0.6) is 0 Å². The number of hydrogen-bond acceptors (Lipinski definition) is 3. The molecule has 1 fully saturated rings. The molecule has 1 aromatic heterocycles. The first-order chi connectivity index (χ1) is 6.83. The lowest BCUT2D eigenvalue weighted by molar-refractivity contribution is -0.00443. The average molecular weight is 195 g/mol. The number of nitrogens with zero attached hydrogens (tertiary/aromatic N) is 2. The van der Waals surface area contributed by atoms with Gasteiger partial charge in [-0.2, -0.15) is 0 Å². The van der Waals surface area contributed by atoms with E-state index in [1.165, 1.54) is 0 Å². The lowest BCUT2D eigenvalue weighted by Crippen LogP contribution is -2.35. The molecule has 0 spiro atoms. The predicted octanol–water partition coefficient (Wildman–Crippen LogP) is 1.08. The van der Waals surface area contributed by atoms with E-state index in [0.29, 0.717) is 0 Å². The maximum absolute atomic E-state index is 6.03. The molecule has 1 aliphatic rings. The normalized spacial score (nSPS) is 27.9. The highest BCUT2D eigenvalue weighted by Crippen LogP contribution is 2.26. The Morgan fingerprint density at radius 3 is 3.29 bits per heavy atom. The molecule has 4 nitrogen and oxygen atoms in total. The minimum Gasteiger partial charge on any atom is -0.370 e. The van der Waals surface area contributed by atoms with Crippen molar-refractivity contribution in [1.29, 1.82) is 0 Å². The quantitative estimate of drug-likeness (QED) is 0.768. The van der Waals surface area contributed by atoms with Gasteiger partial charge >= 0.3 is 0 Å². The lowest BCUT2D eigenvalue weighted by atomic mass is 10.0. The molecule has 0 radical (unpaired) electrons. The van der Waals surface area contributed by atoms with Gasteiger partial charge in [0.05, 0.1) is 18.2 Å². The van der Waals surface area contributed by atoms with Crippen LogP contribution in [0.2, 0.25) is 0 Å². The van der Waals surface area contributed by atoms with E-state index in [1.807, 2.05) is 12.5 Å². The van der Waals surface area contributed by atoms with Crippen LogP contribution in [0.1, 0.15) is 31.6 Å². The summed E-state index contributed by atoms with van der Waals surface area (Å²) in [4.78, 5) is 4.13. The van der Waals surface area contributed by atoms with Crippen LogP contribution >= 0.6 is 0 Å². The third-order valence-electron chi connectivity index (χ3n) is 2.74. The minimum atomic E-state index is 0.0335. The highest BCUT2D eigenvalue weighted by molar-refractivity contribution is 5.07. The Hall–Kier alpha value is -0.870. The van der Waals surface area contributed by atoms with E-state index in [4.69, 9.17) is 10.5 Å². The summed E-state index contributed by atoms with van der Waals surface area (Å²) in [6.07, 6.45) is 5.84. The Labute approximate surface area is 84.1 Å². The number of aromatic nitrogens is 2. The Bertz CT molecular complexity index is 297. The van der Waals surface area contributed by atoms with E-state index >= 15 is 0 Å². The van der Waals surface area contributed by atoms with Crippen molar-refractivity contribution in [3.8, 4) is 0 Å². The Balaban J connectivity index is 2.20. The third-order valence-corrected chi connectivity index (χ3v) is 2.74. The van der Waals surface area contributed by atoms with Crippen molar-refractivity contribution in [2.45, 2.75) is 38.5 Å². The predicted molar refractivity (Wildman–Crippen MR) is 53.8 cm³/mol. The number of nitrogens with two attached hydrogens (primary N) is 1. The molecule has 2 heterocycles. The van der Waals surface area contributed by atoms with Gasteiger partial charge < -0.3 is 15.0 Å². The van der Waals surface area contributed by atoms with Gasteiger partial charge in [-0.25, -0.2) is 4.98 Å². The molecule has 2 rings (SSSR count). The van der Waals surface area contributed by atoms with Crippen LogP contribution in [0.4, 0.5) is 0 Å². The summed E-state index contributed by atoms with van der Waals surface area (Å²) in [5, 5.41) is 0. The standard InChI is InChI=1S/C10H17N3O/c1-2-13-7-12-6-9(13)10-8(11)4-3-5-14-10/h6-8,10H,2-5,11H2,1H3. The summed E-state index contributed by atoms with van der Waals surface area (Å²) in [7, 11) is 0. The van der Waals surface area contributed by atoms with Crippen molar-refractivity contribution < 1.29 is 4.74 Å². The molecule has 1 aliphatic heterocycles. The Kier molecular flexibility index (Phi) is 2.84. The molecule has 0 saturated carbocycles. The fourth-order valence-electron chi connectivity index (χ4n) is 1.94. The van der Waals surface area contributed by atoms with Gasteiger partial charge in [0, 0.05) is 19.2 Å². The van der Waals surface area contributed by atoms with Crippen molar-refractivity contribution >= 4 is 0 Å². The van der Waals surface area contributed by atoms with E-state index in [9.17, 15) is 0 Å². The zero-order chi connectivity index (χ0) is 9.97. The van der Waals surface area contributed by atoms with Gasteiger partial charge in [0.15, 0.2) is 0 Å². The number of rotatable bonds is 2. The summed E-state index contributed by atoms with van der Waals surface area (Å²) in [6.45, 7) is 3.83. The van der Waals surface area contributed by atoms with E-state index in [0.717, 1.165) is 31.7 Å². The first kappa shape index (κ1) is 9.68. The number of aryl methyl sites for hydroxylation is 1. The molecule has 2 N–H and O–H groups in total. The van der Waals surface area contributed by atoms with Crippen LogP contribution in [0.25, 0.3) is 0 Å². The van der Waals surface area contributed by atoms with Crippen LogP contribution in [-0.2, 0) is 11.3 Å². The topological polar surface area (TPSA) is 53.1 Å². The van der Waals surface area contributed by atoms with Crippen LogP contribution in [0.3, 0.4) is 0 Å². The lowest BCUT2D eigenvalue weighted by Gasteiger charge is -2.29. The smallest absolute Gasteiger partial charge is 0.114 e. The van der Waals surface area contributed by atoms with E-state index < -0.39 is 0 Å². The Morgan fingerprint density at radius 2 is 2.57 bits per heavy atom. The van der Waals surface area contributed by atoms with Crippen molar-refractivity contribution in [3.63, 3.8) is 0 Å². The average Bonchev–Trinajstić information content (AvgIpc) is 2.66. The summed E-state index contributed by atoms with van der Waals surface area (Å²) < 4.78 is 7.78. The van der Waals surface area contributed by atoms with Crippen molar-refractivity contribution in [2.24, 2.45) is 5.73 Å². The molecule has 0 bridgehead atoms. The number of ether oxygens (including phenoxy) is 1. The van der Waals surface area contributed by atoms with Gasteiger partial charge in [-0.3, -0.25) is 0 Å². The van der Waals surface area contributed by atoms with Crippen LogP contribution in [0.15, 0.2) is 12.5 Å². The second-order valence-electron chi connectivity index (χ2n) is 3.70. The summed E-state index contributed by atoms with van der Waals surface area (Å²) in [6, 6.07) is 0.116. The fraction of sp³-hybridized carbons (Fsp3) is 0.700. The van der Waals surface area contributed by atoms with Gasteiger partial charge in [0.2, 0.25) is 0 Å². The molecular formula is C10H17N3O. The second-order valence-corrected chi connectivity index (χ2v) is 3.70. The molecule has 1 saturated heterocycles.